The molecule has 1 N–H and O–H groups in total. The molecule has 0 aliphatic carbocycles. The van der Waals surface area contributed by atoms with E-state index in [4.69, 9.17) is 9.84 Å². The Labute approximate surface area is 87.5 Å². The highest BCUT2D eigenvalue weighted by molar-refractivity contribution is 5.67. The summed E-state index contributed by atoms with van der Waals surface area (Å²) in [5, 5.41) is 8.54. The molecular formula is C11H12O4. The Bertz CT molecular complexity index is 346. The van der Waals surface area contributed by atoms with Crippen molar-refractivity contribution in [2.75, 3.05) is 6.61 Å². The van der Waals surface area contributed by atoms with Crippen LogP contribution < -0.4 is 4.74 Å². The van der Waals surface area contributed by atoms with Crippen LogP contribution in [-0.4, -0.2) is 24.0 Å². The fourth-order valence-electron chi connectivity index (χ4n) is 1.22. The van der Waals surface area contributed by atoms with Gasteiger partial charge in [0.05, 0.1) is 0 Å². The van der Waals surface area contributed by atoms with Gasteiger partial charge in [-0.15, -0.1) is 0 Å². The molecule has 0 aliphatic rings. The van der Waals surface area contributed by atoms with Gasteiger partial charge in [0.15, 0.2) is 6.29 Å². The number of ether oxygens (including phenoxy) is 1. The van der Waals surface area contributed by atoms with Crippen LogP contribution in [0.25, 0.3) is 0 Å². The Morgan fingerprint density at radius 1 is 1.40 bits per heavy atom. The van der Waals surface area contributed by atoms with Gasteiger partial charge >= 0.3 is 5.97 Å². The predicted octanol–water partition coefficient (Wildman–Crippen LogP) is 1.28. The van der Waals surface area contributed by atoms with E-state index in [-0.39, 0.29) is 13.0 Å². The number of carbonyl (C=O) groups excluding carboxylic acids is 1. The highest BCUT2D eigenvalue weighted by Crippen LogP contribution is 2.19. The fourth-order valence-corrected chi connectivity index (χ4v) is 1.22. The number of benzene rings is 1. The molecule has 80 valence electrons. The average molecular weight is 208 g/mol. The van der Waals surface area contributed by atoms with Crippen molar-refractivity contribution in [2.45, 2.75) is 12.8 Å². The number of aryl methyl sites for hydroxylation is 1. The largest absolute Gasteiger partial charge is 0.486 e. The average Bonchev–Trinajstić information content (AvgIpc) is 2.24. The number of para-hydroxylation sites is 1. The van der Waals surface area contributed by atoms with Gasteiger partial charge in [-0.2, -0.15) is 0 Å². The first kappa shape index (κ1) is 11.2. The Morgan fingerprint density at radius 2 is 2.13 bits per heavy atom. The van der Waals surface area contributed by atoms with E-state index in [1.54, 1.807) is 18.2 Å². The zero-order valence-electron chi connectivity index (χ0n) is 8.18. The third kappa shape index (κ3) is 3.81. The third-order valence-electron chi connectivity index (χ3n) is 1.89. The van der Waals surface area contributed by atoms with Gasteiger partial charge in [-0.25, -0.2) is 0 Å². The summed E-state index contributed by atoms with van der Waals surface area (Å²) in [6.07, 6.45) is 1.12. The summed E-state index contributed by atoms with van der Waals surface area (Å²) in [6.45, 7) is -0.00984. The maximum absolute atomic E-state index is 10.4. The van der Waals surface area contributed by atoms with Crippen LogP contribution in [0.4, 0.5) is 0 Å². The van der Waals surface area contributed by atoms with E-state index in [9.17, 15) is 9.59 Å². The second kappa shape index (κ2) is 5.80. The fraction of sp³-hybridized carbons (Fsp3) is 0.273. The molecular weight excluding hydrogens is 196 g/mol. The molecule has 0 saturated carbocycles. The van der Waals surface area contributed by atoms with E-state index in [1.807, 2.05) is 6.07 Å². The second-order valence-corrected chi connectivity index (χ2v) is 2.98. The minimum absolute atomic E-state index is 0.00984. The Kier molecular flexibility index (Phi) is 4.34. The maximum Gasteiger partial charge on any atom is 0.303 e. The summed E-state index contributed by atoms with van der Waals surface area (Å²) >= 11 is 0. The third-order valence-corrected chi connectivity index (χ3v) is 1.89. The molecule has 0 amide bonds. The molecule has 0 aliphatic heterocycles. The van der Waals surface area contributed by atoms with Gasteiger partial charge < -0.3 is 9.84 Å². The molecule has 1 aromatic rings. The first-order valence-corrected chi connectivity index (χ1v) is 4.60. The minimum Gasteiger partial charge on any atom is -0.486 e. The van der Waals surface area contributed by atoms with E-state index in [1.165, 1.54) is 0 Å². The molecule has 4 heteroatoms. The normalized spacial score (nSPS) is 9.60. The van der Waals surface area contributed by atoms with Gasteiger partial charge in [-0.05, 0) is 18.1 Å². The molecule has 0 saturated heterocycles. The van der Waals surface area contributed by atoms with Crippen molar-refractivity contribution in [2.24, 2.45) is 0 Å². The van der Waals surface area contributed by atoms with Crippen LogP contribution >= 0.6 is 0 Å². The summed E-state index contributed by atoms with van der Waals surface area (Å²) in [4.78, 5) is 20.5. The first-order valence-electron chi connectivity index (χ1n) is 4.60. The molecule has 0 atom stereocenters. The molecule has 0 spiro atoms. The van der Waals surface area contributed by atoms with E-state index >= 15 is 0 Å². The lowest BCUT2D eigenvalue weighted by atomic mass is 10.1. The van der Waals surface area contributed by atoms with Crippen LogP contribution in [0.1, 0.15) is 12.0 Å². The SMILES string of the molecule is O=CCOc1ccccc1CCC(=O)O. The summed E-state index contributed by atoms with van der Waals surface area (Å²) < 4.78 is 5.16. The molecule has 4 nitrogen and oxygen atoms in total. The highest BCUT2D eigenvalue weighted by Gasteiger charge is 2.04. The summed E-state index contributed by atoms with van der Waals surface area (Å²) in [6, 6.07) is 7.11. The molecule has 0 heterocycles. The number of carboxylic acid groups (broad SMARTS) is 1. The van der Waals surface area contributed by atoms with Crippen LogP contribution in [0.5, 0.6) is 5.75 Å². The van der Waals surface area contributed by atoms with E-state index in [0.29, 0.717) is 18.5 Å². The summed E-state index contributed by atoms with van der Waals surface area (Å²) in [7, 11) is 0. The first-order chi connectivity index (χ1) is 7.24. The molecule has 15 heavy (non-hydrogen) atoms. The molecule has 0 radical (unpaired) electrons. The zero-order chi connectivity index (χ0) is 11.1. The van der Waals surface area contributed by atoms with Gasteiger partial charge in [0.1, 0.15) is 12.4 Å². The van der Waals surface area contributed by atoms with Crippen molar-refractivity contribution >= 4 is 12.3 Å². The molecule has 1 aromatic carbocycles. The van der Waals surface area contributed by atoms with Crippen molar-refractivity contribution in [3.05, 3.63) is 29.8 Å². The summed E-state index contributed by atoms with van der Waals surface area (Å²) in [5.74, 6) is -0.272. The zero-order valence-corrected chi connectivity index (χ0v) is 8.18. The molecule has 0 bridgehead atoms. The lowest BCUT2D eigenvalue weighted by Crippen LogP contribution is -2.03. The number of carboxylic acids is 1. The Balaban J connectivity index is 2.67. The van der Waals surface area contributed by atoms with Crippen LogP contribution in [0.15, 0.2) is 24.3 Å². The van der Waals surface area contributed by atoms with Gasteiger partial charge in [-0.3, -0.25) is 9.59 Å². The van der Waals surface area contributed by atoms with Crippen molar-refractivity contribution in [1.82, 2.24) is 0 Å². The number of aliphatic carboxylic acids is 1. The predicted molar refractivity (Wildman–Crippen MR) is 54.0 cm³/mol. The summed E-state index contributed by atoms with van der Waals surface area (Å²) in [5.41, 5.74) is 0.807. The van der Waals surface area contributed by atoms with E-state index in [0.717, 1.165) is 5.56 Å². The molecule has 0 aromatic heterocycles. The Morgan fingerprint density at radius 3 is 2.80 bits per heavy atom. The lowest BCUT2D eigenvalue weighted by Gasteiger charge is -2.07. The number of hydrogen-bond acceptors (Lipinski definition) is 3. The van der Waals surface area contributed by atoms with Crippen molar-refractivity contribution in [1.29, 1.82) is 0 Å². The van der Waals surface area contributed by atoms with Gasteiger partial charge in [0.25, 0.3) is 0 Å². The number of rotatable bonds is 6. The van der Waals surface area contributed by atoms with Crippen LogP contribution in [-0.2, 0) is 16.0 Å². The van der Waals surface area contributed by atoms with Crippen LogP contribution in [0, 0.1) is 0 Å². The number of aldehydes is 1. The van der Waals surface area contributed by atoms with Crippen molar-refractivity contribution in [3.8, 4) is 5.75 Å². The highest BCUT2D eigenvalue weighted by atomic mass is 16.5. The molecule has 0 unspecified atom stereocenters. The Hall–Kier alpha value is -1.84. The van der Waals surface area contributed by atoms with Crippen LogP contribution in [0.3, 0.4) is 0 Å². The van der Waals surface area contributed by atoms with Crippen LogP contribution in [0.2, 0.25) is 0 Å². The minimum atomic E-state index is -0.847. The van der Waals surface area contributed by atoms with E-state index in [2.05, 4.69) is 0 Å². The smallest absolute Gasteiger partial charge is 0.303 e. The topological polar surface area (TPSA) is 63.6 Å². The second-order valence-electron chi connectivity index (χ2n) is 2.98. The van der Waals surface area contributed by atoms with Crippen molar-refractivity contribution in [3.63, 3.8) is 0 Å². The van der Waals surface area contributed by atoms with Gasteiger partial charge in [0.2, 0.25) is 0 Å². The van der Waals surface area contributed by atoms with Crippen molar-refractivity contribution < 1.29 is 19.4 Å². The quantitative estimate of drug-likeness (QED) is 0.715. The monoisotopic (exact) mass is 208 g/mol. The van der Waals surface area contributed by atoms with E-state index < -0.39 is 5.97 Å². The maximum atomic E-state index is 10.4. The number of hydrogen-bond donors (Lipinski definition) is 1. The lowest BCUT2D eigenvalue weighted by molar-refractivity contribution is -0.137. The molecule has 1 rings (SSSR count). The standard InChI is InChI=1S/C11H12O4/c12-7-8-15-10-4-2-1-3-9(10)5-6-11(13)14/h1-4,7H,5-6,8H2,(H,13,14). The van der Waals surface area contributed by atoms with Gasteiger partial charge in [-0.1, -0.05) is 18.2 Å². The molecule has 0 fully saturated rings. The van der Waals surface area contributed by atoms with Gasteiger partial charge in [0, 0.05) is 6.42 Å². The number of carbonyl (C=O) groups is 2.